The van der Waals surface area contributed by atoms with Crippen LogP contribution in [0.2, 0.25) is 0 Å². The lowest BCUT2D eigenvalue weighted by atomic mass is 9.96. The Morgan fingerprint density at radius 3 is 2.79 bits per heavy atom. The molecule has 3 rings (SSSR count). The van der Waals surface area contributed by atoms with Gasteiger partial charge in [0, 0.05) is 5.56 Å². The molecule has 1 heterocycles. The number of carboxylic acid groups (broad SMARTS) is 1. The van der Waals surface area contributed by atoms with Crippen molar-refractivity contribution in [2.24, 2.45) is 5.92 Å². The van der Waals surface area contributed by atoms with Crippen LogP contribution >= 0.6 is 0 Å². The maximum atomic E-state index is 11.2. The van der Waals surface area contributed by atoms with Crippen molar-refractivity contribution < 1.29 is 14.4 Å². The summed E-state index contributed by atoms with van der Waals surface area (Å²) < 4.78 is 5.26. The number of aliphatic carboxylic acids is 1. The third-order valence-electron chi connectivity index (χ3n) is 3.62. The predicted octanol–water partition coefficient (Wildman–Crippen LogP) is 2.70. The van der Waals surface area contributed by atoms with Gasteiger partial charge in [-0.2, -0.15) is 4.98 Å². The van der Waals surface area contributed by atoms with E-state index < -0.39 is 11.9 Å². The number of aromatic nitrogens is 2. The average Bonchev–Trinajstić information content (AvgIpc) is 3.08. The molecule has 0 radical (unpaired) electrons. The fourth-order valence-corrected chi connectivity index (χ4v) is 2.64. The first kappa shape index (κ1) is 11.9. The monoisotopic (exact) mass is 258 g/mol. The van der Waals surface area contributed by atoms with Gasteiger partial charge < -0.3 is 9.63 Å². The van der Waals surface area contributed by atoms with Crippen molar-refractivity contribution in [3.8, 4) is 11.4 Å². The van der Waals surface area contributed by atoms with E-state index in [2.05, 4.69) is 10.1 Å². The highest BCUT2D eigenvalue weighted by Crippen LogP contribution is 2.39. The Morgan fingerprint density at radius 2 is 2.05 bits per heavy atom. The summed E-state index contributed by atoms with van der Waals surface area (Å²) in [5.41, 5.74) is 0.877. The second-order valence-corrected chi connectivity index (χ2v) is 4.80. The van der Waals surface area contributed by atoms with Crippen molar-refractivity contribution in [1.29, 1.82) is 0 Å². The SMILES string of the molecule is O=C(O)C1CCCC1c1nc(-c2ccccc2)no1. The standard InChI is InChI=1S/C14H14N2O3/c17-14(18)11-8-4-7-10(11)13-15-12(16-19-13)9-5-2-1-3-6-9/h1-3,5-6,10-11H,4,7-8H2,(H,17,18). The summed E-state index contributed by atoms with van der Waals surface area (Å²) in [5, 5.41) is 13.1. The van der Waals surface area contributed by atoms with Gasteiger partial charge in [0.2, 0.25) is 11.7 Å². The van der Waals surface area contributed by atoms with Gasteiger partial charge in [-0.15, -0.1) is 0 Å². The molecular weight excluding hydrogens is 244 g/mol. The van der Waals surface area contributed by atoms with E-state index in [0.717, 1.165) is 18.4 Å². The van der Waals surface area contributed by atoms with Gasteiger partial charge in [0.1, 0.15) is 0 Å². The second kappa shape index (κ2) is 4.84. The molecule has 0 amide bonds. The van der Waals surface area contributed by atoms with Gasteiger partial charge in [-0.05, 0) is 12.8 Å². The van der Waals surface area contributed by atoms with Crippen LogP contribution in [0.3, 0.4) is 0 Å². The molecular formula is C14H14N2O3. The normalized spacial score (nSPS) is 22.5. The van der Waals surface area contributed by atoms with Crippen LogP contribution in [-0.4, -0.2) is 21.2 Å². The molecule has 5 nitrogen and oxygen atoms in total. The third kappa shape index (κ3) is 2.23. The molecule has 0 bridgehead atoms. The van der Waals surface area contributed by atoms with Gasteiger partial charge in [-0.25, -0.2) is 0 Å². The Bertz CT molecular complexity index is 579. The summed E-state index contributed by atoms with van der Waals surface area (Å²) in [6, 6.07) is 9.53. The van der Waals surface area contributed by atoms with Gasteiger partial charge in [-0.1, -0.05) is 41.9 Å². The maximum absolute atomic E-state index is 11.2. The predicted molar refractivity (Wildman–Crippen MR) is 67.5 cm³/mol. The fourth-order valence-electron chi connectivity index (χ4n) is 2.64. The van der Waals surface area contributed by atoms with Gasteiger partial charge in [0.15, 0.2) is 0 Å². The van der Waals surface area contributed by atoms with Gasteiger partial charge in [-0.3, -0.25) is 4.79 Å². The molecule has 2 unspecified atom stereocenters. The van der Waals surface area contributed by atoms with E-state index in [1.54, 1.807) is 0 Å². The van der Waals surface area contributed by atoms with E-state index in [9.17, 15) is 9.90 Å². The van der Waals surface area contributed by atoms with Crippen LogP contribution in [0, 0.1) is 5.92 Å². The number of rotatable bonds is 3. The van der Waals surface area contributed by atoms with Gasteiger partial charge in [0.25, 0.3) is 0 Å². The second-order valence-electron chi connectivity index (χ2n) is 4.80. The molecule has 2 atom stereocenters. The molecule has 1 aromatic carbocycles. The third-order valence-corrected chi connectivity index (χ3v) is 3.62. The first-order valence-corrected chi connectivity index (χ1v) is 6.37. The topological polar surface area (TPSA) is 76.2 Å². The van der Waals surface area contributed by atoms with E-state index in [1.165, 1.54) is 0 Å². The van der Waals surface area contributed by atoms with Crippen LogP contribution in [0.25, 0.3) is 11.4 Å². The number of nitrogens with zero attached hydrogens (tertiary/aromatic N) is 2. The molecule has 98 valence electrons. The number of benzene rings is 1. The zero-order valence-electron chi connectivity index (χ0n) is 10.3. The van der Waals surface area contributed by atoms with Crippen LogP contribution in [0.4, 0.5) is 0 Å². The highest BCUT2D eigenvalue weighted by molar-refractivity contribution is 5.71. The molecule has 2 aromatic rings. The molecule has 1 N–H and O–H groups in total. The van der Waals surface area contributed by atoms with E-state index in [4.69, 9.17) is 4.52 Å². The Kier molecular flexibility index (Phi) is 3.03. The summed E-state index contributed by atoms with van der Waals surface area (Å²) in [5.74, 6) is -0.358. The zero-order chi connectivity index (χ0) is 13.2. The number of hydrogen-bond acceptors (Lipinski definition) is 4. The lowest BCUT2D eigenvalue weighted by Gasteiger charge is -2.09. The van der Waals surface area contributed by atoms with Crippen LogP contribution in [0.15, 0.2) is 34.9 Å². The highest BCUT2D eigenvalue weighted by atomic mass is 16.5. The smallest absolute Gasteiger partial charge is 0.307 e. The minimum absolute atomic E-state index is 0.150. The summed E-state index contributed by atoms with van der Waals surface area (Å²) in [7, 11) is 0. The van der Waals surface area contributed by atoms with E-state index in [1.807, 2.05) is 30.3 Å². The molecule has 0 saturated heterocycles. The molecule has 1 aliphatic carbocycles. The Morgan fingerprint density at radius 1 is 1.26 bits per heavy atom. The van der Waals surface area contributed by atoms with Gasteiger partial charge >= 0.3 is 5.97 Å². The fraction of sp³-hybridized carbons (Fsp3) is 0.357. The first-order valence-electron chi connectivity index (χ1n) is 6.37. The average molecular weight is 258 g/mol. The van der Waals surface area contributed by atoms with Crippen molar-refractivity contribution in [2.45, 2.75) is 25.2 Å². The van der Waals surface area contributed by atoms with Crippen molar-refractivity contribution in [2.75, 3.05) is 0 Å². The van der Waals surface area contributed by atoms with Crippen molar-refractivity contribution in [1.82, 2.24) is 10.1 Å². The van der Waals surface area contributed by atoms with Crippen molar-refractivity contribution in [3.05, 3.63) is 36.2 Å². The highest BCUT2D eigenvalue weighted by Gasteiger charge is 2.37. The van der Waals surface area contributed by atoms with E-state index >= 15 is 0 Å². The van der Waals surface area contributed by atoms with Crippen LogP contribution < -0.4 is 0 Å². The Labute approximate surface area is 110 Å². The molecule has 0 spiro atoms. The Balaban J connectivity index is 1.87. The molecule has 5 heteroatoms. The zero-order valence-corrected chi connectivity index (χ0v) is 10.3. The number of carbonyl (C=O) groups is 1. The van der Waals surface area contributed by atoms with Crippen LogP contribution in [0.5, 0.6) is 0 Å². The summed E-state index contributed by atoms with van der Waals surface area (Å²) in [4.78, 5) is 15.5. The van der Waals surface area contributed by atoms with E-state index in [-0.39, 0.29) is 5.92 Å². The van der Waals surface area contributed by atoms with Gasteiger partial charge in [0.05, 0.1) is 11.8 Å². The molecule has 1 aliphatic rings. The minimum Gasteiger partial charge on any atom is -0.481 e. The molecule has 19 heavy (non-hydrogen) atoms. The van der Waals surface area contributed by atoms with Crippen molar-refractivity contribution >= 4 is 5.97 Å². The van der Waals surface area contributed by atoms with Crippen molar-refractivity contribution in [3.63, 3.8) is 0 Å². The number of hydrogen-bond donors (Lipinski definition) is 1. The molecule has 0 aliphatic heterocycles. The summed E-state index contributed by atoms with van der Waals surface area (Å²) in [6.07, 6.45) is 2.38. The van der Waals surface area contributed by atoms with E-state index in [0.29, 0.717) is 18.1 Å². The minimum atomic E-state index is -0.776. The Hall–Kier alpha value is -2.17. The first-order chi connectivity index (χ1) is 9.25. The summed E-state index contributed by atoms with van der Waals surface area (Å²) >= 11 is 0. The lowest BCUT2D eigenvalue weighted by Crippen LogP contribution is -2.17. The quantitative estimate of drug-likeness (QED) is 0.915. The maximum Gasteiger partial charge on any atom is 0.307 e. The number of carboxylic acids is 1. The molecule has 1 fully saturated rings. The van der Waals surface area contributed by atoms with Crippen LogP contribution in [0.1, 0.15) is 31.1 Å². The largest absolute Gasteiger partial charge is 0.481 e. The lowest BCUT2D eigenvalue weighted by molar-refractivity contribution is -0.142. The van der Waals surface area contributed by atoms with Crippen LogP contribution in [-0.2, 0) is 4.79 Å². The molecule has 1 saturated carbocycles. The molecule has 1 aromatic heterocycles. The summed E-state index contributed by atoms with van der Waals surface area (Å²) in [6.45, 7) is 0.